The molecule has 0 aliphatic carbocycles. The first kappa shape index (κ1) is 23.2. The highest BCUT2D eigenvalue weighted by molar-refractivity contribution is 5.85. The summed E-state index contributed by atoms with van der Waals surface area (Å²) in [6, 6.07) is 18.2. The van der Waals surface area contributed by atoms with Gasteiger partial charge in [-0.1, -0.05) is 54.6 Å². The zero-order valence-electron chi connectivity index (χ0n) is 16.1. The lowest BCUT2D eigenvalue weighted by Crippen LogP contribution is -2.30. The summed E-state index contributed by atoms with van der Waals surface area (Å²) < 4.78 is 4.94. The molecule has 148 valence electrons. The van der Waals surface area contributed by atoms with Crippen LogP contribution in [0, 0.1) is 0 Å². The van der Waals surface area contributed by atoms with Crippen LogP contribution in [-0.2, 0) is 22.4 Å². The normalized spacial score (nSPS) is 12.7. The fourth-order valence-electron chi connectivity index (χ4n) is 2.80. The second-order valence-electron chi connectivity index (χ2n) is 6.57. The molecule has 0 aromatic heterocycles. The van der Waals surface area contributed by atoms with E-state index < -0.39 is 6.10 Å². The number of aliphatic hydroxyl groups is 1. The van der Waals surface area contributed by atoms with E-state index >= 15 is 0 Å². The van der Waals surface area contributed by atoms with Gasteiger partial charge in [-0.05, 0) is 43.4 Å². The number of aliphatic hydroxyl groups excluding tert-OH is 1. The lowest BCUT2D eigenvalue weighted by Gasteiger charge is -2.18. The second kappa shape index (κ2) is 12.5. The molecule has 2 aromatic rings. The van der Waals surface area contributed by atoms with Gasteiger partial charge in [-0.15, -0.1) is 12.4 Å². The maximum atomic E-state index is 11.5. The third kappa shape index (κ3) is 8.57. The summed E-state index contributed by atoms with van der Waals surface area (Å²) in [4.78, 5) is 11.5. The number of halogens is 1. The molecule has 2 rings (SSSR count). The maximum absolute atomic E-state index is 11.5. The van der Waals surface area contributed by atoms with Crippen LogP contribution in [0.25, 0.3) is 0 Å². The molecule has 0 bridgehead atoms. The minimum atomic E-state index is -0.564. The van der Waals surface area contributed by atoms with Crippen molar-refractivity contribution < 1.29 is 14.6 Å². The quantitative estimate of drug-likeness (QED) is 0.604. The molecule has 2 atom stereocenters. The van der Waals surface area contributed by atoms with Crippen molar-refractivity contribution in [2.75, 3.05) is 13.2 Å². The molecule has 0 amide bonds. The van der Waals surface area contributed by atoms with E-state index in [-0.39, 0.29) is 24.8 Å². The molecule has 4 nitrogen and oxygen atoms in total. The Balaban J connectivity index is 0.00000364. The van der Waals surface area contributed by atoms with Gasteiger partial charge in [0.15, 0.2) is 0 Å². The summed E-state index contributed by atoms with van der Waals surface area (Å²) in [7, 11) is 0. The van der Waals surface area contributed by atoms with Gasteiger partial charge in [0.2, 0.25) is 0 Å². The maximum Gasteiger partial charge on any atom is 0.310 e. The van der Waals surface area contributed by atoms with Crippen molar-refractivity contribution >= 4 is 18.4 Å². The molecule has 2 unspecified atom stereocenters. The zero-order chi connectivity index (χ0) is 18.8. The Morgan fingerprint density at radius 3 is 2.37 bits per heavy atom. The minimum absolute atomic E-state index is 0. The molecular formula is C22H30ClNO3. The minimum Gasteiger partial charge on any atom is -0.466 e. The van der Waals surface area contributed by atoms with Gasteiger partial charge in [0, 0.05) is 12.6 Å². The van der Waals surface area contributed by atoms with Crippen molar-refractivity contribution in [2.24, 2.45) is 0 Å². The lowest BCUT2D eigenvalue weighted by atomic mass is 10.0. The molecule has 0 heterocycles. The predicted octanol–water partition coefficient (Wildman–Crippen LogP) is 3.86. The standard InChI is InChI=1S/C22H29NO3.ClH/c1-3-26-22(25)15-19-11-13-20(14-12-19)21(24)16-23-17(2)9-10-18-7-5-4-6-8-18;/h4-8,11-14,17,21,23-24H,3,9-10,15-16H2,1-2H3;1H. The summed E-state index contributed by atoms with van der Waals surface area (Å²) in [6.45, 7) is 4.83. The molecule has 2 aromatic carbocycles. The Morgan fingerprint density at radius 1 is 1.07 bits per heavy atom. The summed E-state index contributed by atoms with van der Waals surface area (Å²) in [5, 5.41) is 13.7. The first-order valence-corrected chi connectivity index (χ1v) is 9.28. The summed E-state index contributed by atoms with van der Waals surface area (Å²) >= 11 is 0. The van der Waals surface area contributed by atoms with E-state index in [2.05, 4.69) is 36.5 Å². The zero-order valence-corrected chi connectivity index (χ0v) is 16.9. The van der Waals surface area contributed by atoms with E-state index in [4.69, 9.17) is 4.74 Å². The van der Waals surface area contributed by atoms with E-state index in [1.807, 2.05) is 30.3 Å². The van der Waals surface area contributed by atoms with Crippen molar-refractivity contribution in [2.45, 2.75) is 45.3 Å². The molecule has 0 aliphatic rings. The fourth-order valence-corrected chi connectivity index (χ4v) is 2.80. The number of esters is 1. The number of nitrogens with one attached hydrogen (secondary N) is 1. The monoisotopic (exact) mass is 391 g/mol. The van der Waals surface area contributed by atoms with Crippen molar-refractivity contribution in [3.05, 3.63) is 71.3 Å². The van der Waals surface area contributed by atoms with Crippen LogP contribution in [0.3, 0.4) is 0 Å². The summed E-state index contributed by atoms with van der Waals surface area (Å²) in [5.74, 6) is -0.227. The highest BCUT2D eigenvalue weighted by atomic mass is 35.5. The SMILES string of the molecule is CCOC(=O)Cc1ccc(C(O)CNC(C)CCc2ccccc2)cc1.Cl. The Bertz CT molecular complexity index is 661. The number of benzene rings is 2. The number of ether oxygens (including phenoxy) is 1. The Morgan fingerprint density at radius 2 is 1.74 bits per heavy atom. The lowest BCUT2D eigenvalue weighted by molar-refractivity contribution is -0.142. The van der Waals surface area contributed by atoms with Gasteiger partial charge in [-0.3, -0.25) is 4.79 Å². The molecule has 0 saturated carbocycles. The Kier molecular flexibility index (Phi) is 10.7. The largest absolute Gasteiger partial charge is 0.466 e. The predicted molar refractivity (Wildman–Crippen MR) is 111 cm³/mol. The third-order valence-corrected chi connectivity index (χ3v) is 4.39. The van der Waals surface area contributed by atoms with Gasteiger partial charge in [-0.25, -0.2) is 0 Å². The summed E-state index contributed by atoms with van der Waals surface area (Å²) in [5.41, 5.74) is 3.07. The van der Waals surface area contributed by atoms with E-state index in [1.54, 1.807) is 6.92 Å². The molecular weight excluding hydrogens is 362 g/mol. The topological polar surface area (TPSA) is 58.6 Å². The van der Waals surface area contributed by atoms with Crippen LogP contribution in [0.5, 0.6) is 0 Å². The number of carbonyl (C=O) groups excluding carboxylic acids is 1. The highest BCUT2D eigenvalue weighted by Gasteiger charge is 2.11. The van der Waals surface area contributed by atoms with Gasteiger partial charge < -0.3 is 15.2 Å². The Labute approximate surface area is 168 Å². The van der Waals surface area contributed by atoms with Crippen LogP contribution in [0.1, 0.15) is 43.1 Å². The van der Waals surface area contributed by atoms with Crippen LogP contribution >= 0.6 is 12.4 Å². The van der Waals surface area contributed by atoms with Crippen molar-refractivity contribution in [1.82, 2.24) is 5.32 Å². The third-order valence-electron chi connectivity index (χ3n) is 4.39. The van der Waals surface area contributed by atoms with Gasteiger partial charge in [-0.2, -0.15) is 0 Å². The second-order valence-corrected chi connectivity index (χ2v) is 6.57. The molecule has 0 saturated heterocycles. The van der Waals surface area contributed by atoms with E-state index in [9.17, 15) is 9.90 Å². The average Bonchev–Trinajstić information content (AvgIpc) is 2.66. The van der Waals surface area contributed by atoms with Crippen LogP contribution in [-0.4, -0.2) is 30.3 Å². The molecule has 2 N–H and O–H groups in total. The number of hydrogen-bond donors (Lipinski definition) is 2. The van der Waals surface area contributed by atoms with E-state index in [0.29, 0.717) is 19.2 Å². The highest BCUT2D eigenvalue weighted by Crippen LogP contribution is 2.14. The van der Waals surface area contributed by atoms with Crippen molar-refractivity contribution in [3.8, 4) is 0 Å². The van der Waals surface area contributed by atoms with Crippen molar-refractivity contribution in [1.29, 1.82) is 0 Å². The molecule has 0 fully saturated rings. The first-order valence-electron chi connectivity index (χ1n) is 9.28. The number of hydrogen-bond acceptors (Lipinski definition) is 4. The number of aryl methyl sites for hydroxylation is 1. The average molecular weight is 392 g/mol. The molecule has 0 aliphatic heterocycles. The Hall–Kier alpha value is -1.88. The van der Waals surface area contributed by atoms with Crippen LogP contribution in [0.4, 0.5) is 0 Å². The van der Waals surface area contributed by atoms with Gasteiger partial charge >= 0.3 is 5.97 Å². The van der Waals surface area contributed by atoms with Crippen LogP contribution in [0.15, 0.2) is 54.6 Å². The summed E-state index contributed by atoms with van der Waals surface area (Å²) in [6.07, 6.45) is 1.74. The van der Waals surface area contributed by atoms with Crippen LogP contribution < -0.4 is 5.32 Å². The van der Waals surface area contributed by atoms with E-state index in [1.165, 1.54) is 5.56 Å². The van der Waals surface area contributed by atoms with Crippen LogP contribution in [0.2, 0.25) is 0 Å². The smallest absolute Gasteiger partial charge is 0.310 e. The number of carbonyl (C=O) groups is 1. The van der Waals surface area contributed by atoms with E-state index in [0.717, 1.165) is 24.0 Å². The molecule has 5 heteroatoms. The first-order chi connectivity index (χ1) is 12.6. The van der Waals surface area contributed by atoms with Crippen molar-refractivity contribution in [3.63, 3.8) is 0 Å². The molecule has 0 spiro atoms. The molecule has 0 radical (unpaired) electrons. The molecule has 27 heavy (non-hydrogen) atoms. The van der Waals surface area contributed by atoms with Gasteiger partial charge in [0.05, 0.1) is 19.1 Å². The van der Waals surface area contributed by atoms with Gasteiger partial charge in [0.1, 0.15) is 0 Å². The van der Waals surface area contributed by atoms with Gasteiger partial charge in [0.25, 0.3) is 0 Å². The number of rotatable bonds is 10. The fraction of sp³-hybridized carbons (Fsp3) is 0.409.